The van der Waals surface area contributed by atoms with Gasteiger partial charge in [-0.1, -0.05) is 34.8 Å². The Morgan fingerprint density at radius 3 is 1.86 bits per heavy atom. The van der Waals surface area contributed by atoms with E-state index in [1.165, 1.54) is 0 Å². The van der Waals surface area contributed by atoms with E-state index in [0.29, 0.717) is 15.1 Å². The second-order valence-electron chi connectivity index (χ2n) is 2.34. The molecule has 0 heterocycles. The molecule has 0 unspecified atom stereocenters. The monoisotopic (exact) mass is 254 g/mol. The maximum Gasteiger partial charge on any atom is 0.0607 e. The molecule has 0 saturated heterocycles. The van der Waals surface area contributed by atoms with Crippen molar-refractivity contribution in [3.8, 4) is 0 Å². The van der Waals surface area contributed by atoms with Gasteiger partial charge in [0, 0.05) is 18.2 Å². The lowest BCUT2D eigenvalue weighted by Crippen LogP contribution is -1.84. The van der Waals surface area contributed by atoms with Gasteiger partial charge < -0.3 is 4.74 Å². The first kappa shape index (κ1) is 14.1. The number of hydrogen-bond donors (Lipinski definition) is 0. The van der Waals surface area contributed by atoms with Crippen LogP contribution in [0, 0.1) is 0 Å². The Bertz CT molecular complexity index is 262. The molecule has 0 radical (unpaired) electrons. The topological polar surface area (TPSA) is 9.23 Å². The Hall–Kier alpha value is 0.0500. The number of benzene rings is 1. The average Bonchev–Trinajstić information content (AvgIpc) is 2.14. The van der Waals surface area contributed by atoms with Crippen LogP contribution in [0.4, 0.5) is 0 Å². The first-order chi connectivity index (χ1) is 6.61. The molecule has 0 bridgehead atoms. The largest absolute Gasteiger partial charge is 0.382 e. The Kier molecular flexibility index (Phi) is 8.40. The molecule has 80 valence electrons. The molecule has 1 nitrogen and oxygen atoms in total. The van der Waals surface area contributed by atoms with E-state index in [1.54, 1.807) is 18.2 Å². The molecule has 0 saturated carbocycles. The van der Waals surface area contributed by atoms with Crippen LogP contribution in [-0.4, -0.2) is 13.2 Å². The van der Waals surface area contributed by atoms with E-state index in [0.717, 1.165) is 13.2 Å². The smallest absolute Gasteiger partial charge is 0.0607 e. The molecule has 4 heteroatoms. The molecular formula is C10H13Cl3O. The molecular weight excluding hydrogens is 242 g/mol. The number of halogens is 3. The van der Waals surface area contributed by atoms with Crippen LogP contribution in [-0.2, 0) is 4.74 Å². The predicted molar refractivity (Wildman–Crippen MR) is 63.6 cm³/mol. The SMILES string of the molecule is CCOCC.Clc1ccc(Cl)c(Cl)c1. The highest BCUT2D eigenvalue weighted by Crippen LogP contribution is 2.24. The van der Waals surface area contributed by atoms with Crippen molar-refractivity contribution in [3.05, 3.63) is 33.3 Å². The van der Waals surface area contributed by atoms with Crippen molar-refractivity contribution in [1.82, 2.24) is 0 Å². The Balaban J connectivity index is 0.000000292. The van der Waals surface area contributed by atoms with Crippen molar-refractivity contribution < 1.29 is 4.74 Å². The molecule has 0 aliphatic rings. The van der Waals surface area contributed by atoms with Crippen LogP contribution < -0.4 is 0 Å². The molecule has 0 aliphatic carbocycles. The van der Waals surface area contributed by atoms with E-state index < -0.39 is 0 Å². The van der Waals surface area contributed by atoms with E-state index in [2.05, 4.69) is 0 Å². The van der Waals surface area contributed by atoms with Gasteiger partial charge in [-0.05, 0) is 32.0 Å². The van der Waals surface area contributed by atoms with Gasteiger partial charge in [-0.2, -0.15) is 0 Å². The third-order valence-corrected chi connectivity index (χ3v) is 2.26. The highest BCUT2D eigenvalue weighted by atomic mass is 35.5. The van der Waals surface area contributed by atoms with Crippen molar-refractivity contribution >= 4 is 34.8 Å². The van der Waals surface area contributed by atoms with Crippen LogP contribution in [0.1, 0.15) is 13.8 Å². The van der Waals surface area contributed by atoms with Gasteiger partial charge in [0.1, 0.15) is 0 Å². The minimum absolute atomic E-state index is 0.490. The summed E-state index contributed by atoms with van der Waals surface area (Å²) in [7, 11) is 0. The Labute approximate surface area is 99.9 Å². The Morgan fingerprint density at radius 2 is 1.57 bits per heavy atom. The minimum Gasteiger partial charge on any atom is -0.382 e. The van der Waals surface area contributed by atoms with E-state index in [9.17, 15) is 0 Å². The van der Waals surface area contributed by atoms with Crippen molar-refractivity contribution in [3.63, 3.8) is 0 Å². The second-order valence-corrected chi connectivity index (χ2v) is 3.59. The summed E-state index contributed by atoms with van der Waals surface area (Å²) in [5, 5.41) is 1.62. The molecule has 1 aromatic rings. The maximum atomic E-state index is 5.60. The van der Waals surface area contributed by atoms with Crippen molar-refractivity contribution in [2.24, 2.45) is 0 Å². The zero-order chi connectivity index (χ0) is 11.0. The highest BCUT2D eigenvalue weighted by molar-refractivity contribution is 6.43. The first-order valence-electron chi connectivity index (χ1n) is 4.30. The van der Waals surface area contributed by atoms with Crippen LogP contribution in [0.15, 0.2) is 18.2 Å². The standard InChI is InChI=1S/C6H3Cl3.C4H10O/c7-4-1-2-5(8)6(9)3-4;1-3-5-4-2/h1-3H;3-4H2,1-2H3. The molecule has 0 spiro atoms. The summed E-state index contributed by atoms with van der Waals surface area (Å²) in [6, 6.07) is 4.95. The zero-order valence-corrected chi connectivity index (χ0v) is 10.5. The van der Waals surface area contributed by atoms with Gasteiger partial charge in [-0.3, -0.25) is 0 Å². The Morgan fingerprint density at radius 1 is 1.00 bits per heavy atom. The van der Waals surface area contributed by atoms with E-state index in [-0.39, 0.29) is 0 Å². The van der Waals surface area contributed by atoms with Crippen LogP contribution in [0.2, 0.25) is 15.1 Å². The summed E-state index contributed by atoms with van der Waals surface area (Å²) in [5.41, 5.74) is 0. The van der Waals surface area contributed by atoms with Crippen LogP contribution in [0.25, 0.3) is 0 Å². The van der Waals surface area contributed by atoms with Gasteiger partial charge in [0.2, 0.25) is 0 Å². The summed E-state index contributed by atoms with van der Waals surface area (Å²) in [5.74, 6) is 0. The van der Waals surface area contributed by atoms with Crippen molar-refractivity contribution in [1.29, 1.82) is 0 Å². The molecule has 0 amide bonds. The van der Waals surface area contributed by atoms with Crippen LogP contribution in [0.5, 0.6) is 0 Å². The third kappa shape index (κ3) is 6.50. The van der Waals surface area contributed by atoms with Crippen molar-refractivity contribution in [2.45, 2.75) is 13.8 Å². The summed E-state index contributed by atoms with van der Waals surface area (Å²) < 4.78 is 4.83. The second kappa shape index (κ2) is 8.37. The summed E-state index contributed by atoms with van der Waals surface area (Å²) in [6.45, 7) is 5.67. The average molecular weight is 256 g/mol. The van der Waals surface area contributed by atoms with Gasteiger partial charge in [0.25, 0.3) is 0 Å². The summed E-state index contributed by atoms with van der Waals surface area (Å²) >= 11 is 16.8. The lowest BCUT2D eigenvalue weighted by molar-refractivity contribution is 0.162. The van der Waals surface area contributed by atoms with Gasteiger partial charge >= 0.3 is 0 Å². The highest BCUT2D eigenvalue weighted by Gasteiger charge is 1.94. The fourth-order valence-electron chi connectivity index (χ4n) is 0.675. The van der Waals surface area contributed by atoms with Crippen LogP contribution >= 0.6 is 34.8 Å². The van der Waals surface area contributed by atoms with Gasteiger partial charge in [-0.15, -0.1) is 0 Å². The lowest BCUT2D eigenvalue weighted by Gasteiger charge is -1.92. The predicted octanol–water partition coefficient (Wildman–Crippen LogP) is 4.69. The van der Waals surface area contributed by atoms with E-state index in [1.807, 2.05) is 13.8 Å². The first-order valence-corrected chi connectivity index (χ1v) is 5.43. The fourth-order valence-corrected chi connectivity index (χ4v) is 1.20. The molecule has 14 heavy (non-hydrogen) atoms. The van der Waals surface area contributed by atoms with Crippen LogP contribution in [0.3, 0.4) is 0 Å². The molecule has 0 atom stereocenters. The van der Waals surface area contributed by atoms with Gasteiger partial charge in [0.05, 0.1) is 10.0 Å². The maximum absolute atomic E-state index is 5.60. The molecule has 0 aliphatic heterocycles. The van der Waals surface area contributed by atoms with E-state index >= 15 is 0 Å². The fraction of sp³-hybridized carbons (Fsp3) is 0.400. The molecule has 0 aromatic heterocycles. The molecule has 1 aromatic carbocycles. The zero-order valence-electron chi connectivity index (χ0n) is 8.19. The molecule has 1 rings (SSSR count). The van der Waals surface area contributed by atoms with Crippen molar-refractivity contribution in [2.75, 3.05) is 13.2 Å². The molecule has 0 fully saturated rings. The number of rotatable bonds is 2. The quantitative estimate of drug-likeness (QED) is 0.697. The normalized spacial score (nSPS) is 9.21. The van der Waals surface area contributed by atoms with Gasteiger partial charge in [0.15, 0.2) is 0 Å². The number of hydrogen-bond acceptors (Lipinski definition) is 1. The van der Waals surface area contributed by atoms with Gasteiger partial charge in [-0.25, -0.2) is 0 Å². The van der Waals surface area contributed by atoms with E-state index in [4.69, 9.17) is 39.5 Å². The number of ether oxygens (including phenoxy) is 1. The lowest BCUT2D eigenvalue weighted by atomic mass is 10.4. The summed E-state index contributed by atoms with van der Waals surface area (Å²) in [6.07, 6.45) is 0. The molecule has 0 N–H and O–H groups in total. The summed E-state index contributed by atoms with van der Waals surface area (Å²) in [4.78, 5) is 0. The third-order valence-electron chi connectivity index (χ3n) is 1.29. The minimum atomic E-state index is 0.490.